The Kier molecular flexibility index (Phi) is 2.48. The quantitative estimate of drug-likeness (QED) is 0.719. The maximum atomic E-state index is 4.07. The van der Waals surface area contributed by atoms with E-state index >= 15 is 0 Å². The zero-order valence-electron chi connectivity index (χ0n) is 7.91. The van der Waals surface area contributed by atoms with Crippen molar-refractivity contribution in [2.75, 3.05) is 0 Å². The summed E-state index contributed by atoms with van der Waals surface area (Å²) >= 11 is 0. The summed E-state index contributed by atoms with van der Waals surface area (Å²) in [6.07, 6.45) is 9.33. The highest BCUT2D eigenvalue weighted by molar-refractivity contribution is 4.88. The molecule has 0 bridgehead atoms. The first-order valence-electron chi connectivity index (χ1n) is 4.44. The van der Waals surface area contributed by atoms with E-state index < -0.39 is 0 Å². The summed E-state index contributed by atoms with van der Waals surface area (Å²) in [5.41, 5.74) is 0. The molecule has 5 nitrogen and oxygen atoms in total. The summed E-state index contributed by atoms with van der Waals surface area (Å²) in [7, 11) is 0. The molecular weight excluding hydrogens is 178 g/mol. The average molecular weight is 189 g/mol. The Labute approximate surface area is 81.9 Å². The van der Waals surface area contributed by atoms with Gasteiger partial charge in [0.2, 0.25) is 0 Å². The second-order valence-electron chi connectivity index (χ2n) is 3.12. The molecular formula is C9H11N5. The molecule has 1 unspecified atom stereocenters. The maximum Gasteiger partial charge on any atom is 0.134 e. The third kappa shape index (κ3) is 1.93. The number of hydrogen-bond acceptors (Lipinski definition) is 4. The van der Waals surface area contributed by atoms with Gasteiger partial charge in [0.15, 0.2) is 0 Å². The van der Waals surface area contributed by atoms with Crippen LogP contribution in [0.1, 0.15) is 18.8 Å². The van der Waals surface area contributed by atoms with Gasteiger partial charge >= 0.3 is 0 Å². The monoisotopic (exact) mass is 189 g/mol. The van der Waals surface area contributed by atoms with Crippen molar-refractivity contribution in [1.29, 1.82) is 0 Å². The van der Waals surface area contributed by atoms with Crippen molar-refractivity contribution in [3.05, 3.63) is 37.2 Å². The van der Waals surface area contributed by atoms with Crippen LogP contribution in [0, 0.1) is 0 Å². The van der Waals surface area contributed by atoms with E-state index in [1.165, 1.54) is 12.7 Å². The van der Waals surface area contributed by atoms with E-state index in [4.69, 9.17) is 0 Å². The van der Waals surface area contributed by atoms with Crippen LogP contribution in [0.3, 0.4) is 0 Å². The van der Waals surface area contributed by atoms with Crippen LogP contribution >= 0.6 is 0 Å². The molecule has 0 spiro atoms. The minimum atomic E-state index is 0.319. The number of hydrogen-bond donors (Lipinski definition) is 0. The predicted octanol–water partition coefficient (Wildman–Crippen LogP) is 0.872. The number of nitrogens with zero attached hydrogens (tertiary/aromatic N) is 5. The van der Waals surface area contributed by atoms with Crippen LogP contribution in [0.5, 0.6) is 0 Å². The summed E-state index contributed by atoms with van der Waals surface area (Å²) in [6, 6.07) is 0.319. The van der Waals surface area contributed by atoms with Crippen LogP contribution in [-0.4, -0.2) is 24.5 Å². The molecule has 14 heavy (non-hydrogen) atoms. The Bertz CT molecular complexity index is 369. The van der Waals surface area contributed by atoms with Gasteiger partial charge in [0, 0.05) is 24.9 Å². The Morgan fingerprint density at radius 3 is 2.71 bits per heavy atom. The van der Waals surface area contributed by atoms with Crippen LogP contribution in [0.25, 0.3) is 0 Å². The smallest absolute Gasteiger partial charge is 0.134 e. The van der Waals surface area contributed by atoms with Crippen molar-refractivity contribution in [2.45, 2.75) is 19.4 Å². The lowest BCUT2D eigenvalue weighted by molar-refractivity contribution is 0.528. The lowest BCUT2D eigenvalue weighted by atomic mass is 10.2. The number of rotatable bonds is 3. The van der Waals surface area contributed by atoms with Gasteiger partial charge in [0.05, 0.1) is 6.33 Å². The fourth-order valence-corrected chi connectivity index (χ4v) is 1.27. The lowest BCUT2D eigenvalue weighted by Gasteiger charge is -2.10. The van der Waals surface area contributed by atoms with Gasteiger partial charge in [-0.1, -0.05) is 0 Å². The van der Waals surface area contributed by atoms with Gasteiger partial charge in [-0.05, 0) is 6.92 Å². The molecule has 1 atom stereocenters. The minimum Gasteiger partial charge on any atom is -0.334 e. The van der Waals surface area contributed by atoms with E-state index in [1.807, 2.05) is 10.8 Å². The van der Waals surface area contributed by atoms with Crippen molar-refractivity contribution in [3.63, 3.8) is 0 Å². The van der Waals surface area contributed by atoms with E-state index in [0.29, 0.717) is 6.04 Å². The van der Waals surface area contributed by atoms with Gasteiger partial charge in [-0.2, -0.15) is 0 Å². The molecule has 0 saturated heterocycles. The van der Waals surface area contributed by atoms with E-state index in [2.05, 4.69) is 26.9 Å². The normalized spacial score (nSPS) is 12.6. The molecule has 72 valence electrons. The average Bonchev–Trinajstić information content (AvgIpc) is 2.72. The fraction of sp³-hybridized carbons (Fsp3) is 0.333. The van der Waals surface area contributed by atoms with Crippen molar-refractivity contribution in [1.82, 2.24) is 24.5 Å². The molecule has 0 aliphatic heterocycles. The van der Waals surface area contributed by atoms with E-state index in [-0.39, 0.29) is 0 Å². The minimum absolute atomic E-state index is 0.319. The van der Waals surface area contributed by atoms with E-state index in [0.717, 1.165) is 12.2 Å². The lowest BCUT2D eigenvalue weighted by Crippen LogP contribution is -2.08. The summed E-state index contributed by atoms with van der Waals surface area (Å²) in [5, 5.41) is 0. The molecule has 0 radical (unpaired) electrons. The predicted molar refractivity (Wildman–Crippen MR) is 50.5 cm³/mol. The van der Waals surface area contributed by atoms with Crippen molar-refractivity contribution < 1.29 is 0 Å². The zero-order chi connectivity index (χ0) is 9.80. The van der Waals surface area contributed by atoms with Crippen molar-refractivity contribution in [2.24, 2.45) is 0 Å². The summed E-state index contributed by atoms with van der Waals surface area (Å²) in [5.74, 6) is 0.807. The SMILES string of the molecule is CC(Cc1ncncn1)n1ccnc1. The van der Waals surface area contributed by atoms with Crippen molar-refractivity contribution >= 4 is 0 Å². The van der Waals surface area contributed by atoms with Crippen LogP contribution in [0.15, 0.2) is 31.4 Å². The number of imidazole rings is 1. The molecule has 0 aromatic carbocycles. The standard InChI is InChI=1S/C9H11N5/c1-8(14-3-2-10-7-14)4-9-12-5-11-6-13-9/h2-3,5-8H,4H2,1H3. The van der Waals surface area contributed by atoms with E-state index in [1.54, 1.807) is 12.5 Å². The van der Waals surface area contributed by atoms with Crippen LogP contribution in [0.4, 0.5) is 0 Å². The summed E-state index contributed by atoms with van der Waals surface area (Å²) < 4.78 is 2.03. The van der Waals surface area contributed by atoms with Crippen LogP contribution in [0.2, 0.25) is 0 Å². The van der Waals surface area contributed by atoms with Gasteiger partial charge < -0.3 is 4.57 Å². The van der Waals surface area contributed by atoms with Gasteiger partial charge in [-0.15, -0.1) is 0 Å². The molecule has 5 heteroatoms. The number of aromatic nitrogens is 5. The molecule has 2 heterocycles. The summed E-state index contributed by atoms with van der Waals surface area (Å²) in [6.45, 7) is 2.10. The van der Waals surface area contributed by atoms with E-state index in [9.17, 15) is 0 Å². The Hall–Kier alpha value is -1.78. The largest absolute Gasteiger partial charge is 0.334 e. The first kappa shape index (κ1) is 8.80. The molecule has 0 fully saturated rings. The molecule has 0 N–H and O–H groups in total. The molecule has 2 rings (SSSR count). The van der Waals surface area contributed by atoms with Gasteiger partial charge in [-0.25, -0.2) is 19.9 Å². The topological polar surface area (TPSA) is 56.5 Å². The molecule has 2 aromatic heterocycles. The molecule has 0 aliphatic rings. The molecule has 0 aliphatic carbocycles. The summed E-state index contributed by atoms with van der Waals surface area (Å²) in [4.78, 5) is 15.9. The maximum absolute atomic E-state index is 4.07. The molecule has 0 amide bonds. The highest BCUT2D eigenvalue weighted by atomic mass is 15.1. The van der Waals surface area contributed by atoms with Gasteiger partial charge in [-0.3, -0.25) is 0 Å². The van der Waals surface area contributed by atoms with Gasteiger partial charge in [0.25, 0.3) is 0 Å². The Morgan fingerprint density at radius 1 is 1.29 bits per heavy atom. The Morgan fingerprint density at radius 2 is 2.07 bits per heavy atom. The van der Waals surface area contributed by atoms with Gasteiger partial charge in [0.1, 0.15) is 18.5 Å². The second-order valence-corrected chi connectivity index (χ2v) is 3.12. The first-order valence-corrected chi connectivity index (χ1v) is 4.44. The Balaban J connectivity index is 2.06. The van der Waals surface area contributed by atoms with Crippen molar-refractivity contribution in [3.8, 4) is 0 Å². The fourth-order valence-electron chi connectivity index (χ4n) is 1.27. The van der Waals surface area contributed by atoms with Crippen LogP contribution in [-0.2, 0) is 6.42 Å². The third-order valence-corrected chi connectivity index (χ3v) is 2.06. The molecule has 2 aromatic rings. The zero-order valence-corrected chi connectivity index (χ0v) is 7.91. The second kappa shape index (κ2) is 3.95. The third-order valence-electron chi connectivity index (χ3n) is 2.06. The highest BCUT2D eigenvalue weighted by Gasteiger charge is 2.06. The van der Waals surface area contributed by atoms with Crippen LogP contribution < -0.4 is 0 Å². The first-order chi connectivity index (χ1) is 6.86. The highest BCUT2D eigenvalue weighted by Crippen LogP contribution is 2.08. The molecule has 0 saturated carbocycles.